The Kier molecular flexibility index (Phi) is 6.49. The number of rotatable bonds is 7. The summed E-state index contributed by atoms with van der Waals surface area (Å²) >= 11 is 0. The smallest absolute Gasteiger partial charge is 0.222 e. The van der Waals surface area contributed by atoms with Gasteiger partial charge < -0.3 is 19.5 Å². The number of carbonyl (C=O) groups is 1. The van der Waals surface area contributed by atoms with E-state index in [0.29, 0.717) is 25.5 Å². The first-order valence-corrected chi connectivity index (χ1v) is 8.71. The van der Waals surface area contributed by atoms with E-state index >= 15 is 0 Å². The number of ether oxygens (including phenoxy) is 2. The van der Waals surface area contributed by atoms with Gasteiger partial charge in [-0.25, -0.2) is 0 Å². The molecule has 1 aromatic carbocycles. The highest BCUT2D eigenvalue weighted by molar-refractivity contribution is 5.76. The Morgan fingerprint density at radius 3 is 2.71 bits per heavy atom. The Morgan fingerprint density at radius 2 is 2.12 bits per heavy atom. The van der Waals surface area contributed by atoms with Crippen LogP contribution < -0.4 is 9.47 Å². The van der Waals surface area contributed by atoms with Crippen molar-refractivity contribution in [3.63, 3.8) is 0 Å². The fourth-order valence-corrected chi connectivity index (χ4v) is 3.16. The van der Waals surface area contributed by atoms with Gasteiger partial charge in [0.25, 0.3) is 0 Å². The highest BCUT2D eigenvalue weighted by atomic mass is 16.5. The minimum atomic E-state index is -0.0930. The maximum atomic E-state index is 12.1. The van der Waals surface area contributed by atoms with Crippen molar-refractivity contribution in [1.29, 1.82) is 0 Å². The molecule has 2 rings (SSSR count). The monoisotopic (exact) mass is 335 g/mol. The zero-order valence-electron chi connectivity index (χ0n) is 15.1. The molecule has 5 nitrogen and oxygen atoms in total. The maximum absolute atomic E-state index is 12.1. The number of amides is 1. The topological polar surface area (TPSA) is 59.0 Å². The lowest BCUT2D eigenvalue weighted by Crippen LogP contribution is -2.37. The largest absolute Gasteiger partial charge is 0.493 e. The second-order valence-electron chi connectivity index (χ2n) is 6.78. The van der Waals surface area contributed by atoms with Crippen LogP contribution in [-0.4, -0.2) is 48.8 Å². The summed E-state index contributed by atoms with van der Waals surface area (Å²) < 4.78 is 11.3. The lowest BCUT2D eigenvalue weighted by atomic mass is 9.96. The third kappa shape index (κ3) is 4.20. The zero-order chi connectivity index (χ0) is 17.7. The Morgan fingerprint density at radius 1 is 1.38 bits per heavy atom. The zero-order valence-corrected chi connectivity index (χ0v) is 15.1. The van der Waals surface area contributed by atoms with Gasteiger partial charge in [0, 0.05) is 18.9 Å². The van der Waals surface area contributed by atoms with E-state index < -0.39 is 0 Å². The molecule has 0 radical (unpaired) electrons. The van der Waals surface area contributed by atoms with E-state index in [1.807, 2.05) is 30.0 Å². The van der Waals surface area contributed by atoms with Crippen LogP contribution in [0.1, 0.15) is 45.1 Å². The summed E-state index contributed by atoms with van der Waals surface area (Å²) in [4.78, 5) is 13.9. The first-order valence-electron chi connectivity index (χ1n) is 8.71. The summed E-state index contributed by atoms with van der Waals surface area (Å²) in [7, 11) is 1.64. The molecule has 1 aromatic rings. The number of hydrogen-bond acceptors (Lipinski definition) is 4. The van der Waals surface area contributed by atoms with Gasteiger partial charge in [0.05, 0.1) is 26.4 Å². The highest BCUT2D eigenvalue weighted by Crippen LogP contribution is 2.37. The minimum Gasteiger partial charge on any atom is -0.493 e. The van der Waals surface area contributed by atoms with Crippen LogP contribution in [0.4, 0.5) is 0 Å². The summed E-state index contributed by atoms with van der Waals surface area (Å²) in [6, 6.07) is 5.87. The Hall–Kier alpha value is -1.75. The SMILES string of the molecule is CCC(=O)N1C[C@H](c2ccc(OC)c(OCC(C)C)c2)C[C@@H]1CO. The quantitative estimate of drug-likeness (QED) is 0.832. The molecule has 24 heavy (non-hydrogen) atoms. The third-order valence-corrected chi connectivity index (χ3v) is 4.48. The molecule has 1 aliphatic rings. The fraction of sp³-hybridized carbons (Fsp3) is 0.632. The molecule has 1 saturated heterocycles. The normalized spacial score (nSPS) is 20.5. The van der Waals surface area contributed by atoms with Crippen LogP contribution in [0, 0.1) is 5.92 Å². The van der Waals surface area contributed by atoms with Crippen LogP contribution in [0.2, 0.25) is 0 Å². The van der Waals surface area contributed by atoms with Gasteiger partial charge in [-0.05, 0) is 30.0 Å². The molecular weight excluding hydrogens is 306 g/mol. The molecule has 134 valence electrons. The van der Waals surface area contributed by atoms with Gasteiger partial charge in [-0.3, -0.25) is 4.79 Å². The van der Waals surface area contributed by atoms with Crippen LogP contribution in [0.25, 0.3) is 0 Å². The highest BCUT2D eigenvalue weighted by Gasteiger charge is 2.35. The number of benzene rings is 1. The predicted octanol–water partition coefficient (Wildman–Crippen LogP) is 2.82. The van der Waals surface area contributed by atoms with E-state index in [9.17, 15) is 9.90 Å². The molecule has 1 aliphatic heterocycles. The van der Waals surface area contributed by atoms with E-state index in [0.717, 1.165) is 23.5 Å². The van der Waals surface area contributed by atoms with Crippen LogP contribution in [-0.2, 0) is 4.79 Å². The standard InChI is InChI=1S/C19H29NO4/c1-5-19(22)20-10-15(8-16(20)11-21)14-6-7-17(23-4)18(9-14)24-12-13(2)3/h6-7,9,13,15-16,21H,5,8,10-12H2,1-4H3/t15-,16-/m1/s1. The molecule has 0 bridgehead atoms. The average molecular weight is 335 g/mol. The van der Waals surface area contributed by atoms with Gasteiger partial charge in [0.15, 0.2) is 11.5 Å². The Balaban J connectivity index is 2.19. The van der Waals surface area contributed by atoms with Gasteiger partial charge in [0.1, 0.15) is 0 Å². The molecule has 2 atom stereocenters. The van der Waals surface area contributed by atoms with Crippen molar-refractivity contribution in [1.82, 2.24) is 4.90 Å². The van der Waals surface area contributed by atoms with Crippen LogP contribution in [0.15, 0.2) is 18.2 Å². The summed E-state index contributed by atoms with van der Waals surface area (Å²) in [5, 5.41) is 9.59. The van der Waals surface area contributed by atoms with Gasteiger partial charge in [-0.2, -0.15) is 0 Å². The number of nitrogens with zero attached hydrogens (tertiary/aromatic N) is 1. The summed E-state index contributed by atoms with van der Waals surface area (Å²) in [5.74, 6) is 2.20. The molecule has 1 fully saturated rings. The summed E-state index contributed by atoms with van der Waals surface area (Å²) in [5.41, 5.74) is 1.12. The molecule has 1 heterocycles. The first kappa shape index (κ1) is 18.6. The predicted molar refractivity (Wildman–Crippen MR) is 93.6 cm³/mol. The molecule has 0 saturated carbocycles. The number of aliphatic hydroxyl groups is 1. The minimum absolute atomic E-state index is 0.00903. The van der Waals surface area contributed by atoms with Crippen molar-refractivity contribution in [3.8, 4) is 11.5 Å². The van der Waals surface area contributed by atoms with E-state index in [4.69, 9.17) is 9.47 Å². The van der Waals surface area contributed by atoms with Crippen LogP contribution in [0.3, 0.4) is 0 Å². The van der Waals surface area contributed by atoms with E-state index in [1.165, 1.54) is 0 Å². The van der Waals surface area contributed by atoms with Crippen LogP contribution in [0.5, 0.6) is 11.5 Å². The molecule has 1 N–H and O–H groups in total. The van der Waals surface area contributed by atoms with Crippen molar-refractivity contribution in [2.75, 3.05) is 26.9 Å². The van der Waals surface area contributed by atoms with E-state index in [2.05, 4.69) is 13.8 Å². The number of carbonyl (C=O) groups excluding carboxylic acids is 1. The molecular formula is C19H29NO4. The summed E-state index contributed by atoms with van der Waals surface area (Å²) in [6.45, 7) is 7.35. The van der Waals surface area contributed by atoms with E-state index in [1.54, 1.807) is 7.11 Å². The Bertz CT molecular complexity index is 558. The molecule has 0 aromatic heterocycles. The van der Waals surface area contributed by atoms with Crippen LogP contribution >= 0.6 is 0 Å². The summed E-state index contributed by atoms with van der Waals surface area (Å²) in [6.07, 6.45) is 1.24. The second kappa shape index (κ2) is 8.38. The lowest BCUT2D eigenvalue weighted by molar-refractivity contribution is -0.132. The number of likely N-dealkylation sites (tertiary alicyclic amines) is 1. The van der Waals surface area contributed by atoms with Crippen molar-refractivity contribution >= 4 is 5.91 Å². The van der Waals surface area contributed by atoms with Crippen molar-refractivity contribution in [3.05, 3.63) is 23.8 Å². The van der Waals surface area contributed by atoms with Gasteiger partial charge in [0.2, 0.25) is 5.91 Å². The number of aliphatic hydroxyl groups excluding tert-OH is 1. The van der Waals surface area contributed by atoms with E-state index in [-0.39, 0.29) is 24.5 Å². The fourth-order valence-electron chi connectivity index (χ4n) is 3.16. The lowest BCUT2D eigenvalue weighted by Gasteiger charge is -2.22. The molecule has 0 spiro atoms. The number of hydrogen-bond donors (Lipinski definition) is 1. The third-order valence-electron chi connectivity index (χ3n) is 4.48. The maximum Gasteiger partial charge on any atom is 0.222 e. The number of methoxy groups -OCH3 is 1. The average Bonchev–Trinajstić information content (AvgIpc) is 3.03. The van der Waals surface area contributed by atoms with Gasteiger partial charge in [-0.15, -0.1) is 0 Å². The van der Waals surface area contributed by atoms with Crippen molar-refractivity contribution in [2.45, 2.75) is 45.6 Å². The van der Waals surface area contributed by atoms with Gasteiger partial charge in [-0.1, -0.05) is 26.8 Å². The van der Waals surface area contributed by atoms with Crippen molar-refractivity contribution in [2.24, 2.45) is 5.92 Å². The molecule has 5 heteroatoms. The molecule has 1 amide bonds. The second-order valence-corrected chi connectivity index (χ2v) is 6.78. The first-order chi connectivity index (χ1) is 11.5. The Labute approximate surface area is 144 Å². The molecule has 0 aliphatic carbocycles. The van der Waals surface area contributed by atoms with Crippen molar-refractivity contribution < 1.29 is 19.4 Å². The van der Waals surface area contributed by atoms with Gasteiger partial charge >= 0.3 is 0 Å². The molecule has 0 unspecified atom stereocenters.